The lowest BCUT2D eigenvalue weighted by Gasteiger charge is -2.11. The molecule has 0 aliphatic carbocycles. The van der Waals surface area contributed by atoms with Gasteiger partial charge in [0, 0.05) is 32.5 Å². The number of nitrogens with zero attached hydrogens (tertiary/aromatic N) is 2. The summed E-state index contributed by atoms with van der Waals surface area (Å²) in [7, 11) is 0. The van der Waals surface area contributed by atoms with E-state index < -0.39 is 0 Å². The second-order valence-corrected chi connectivity index (χ2v) is 4.79. The van der Waals surface area contributed by atoms with Crippen LogP contribution in [-0.2, 0) is 11.3 Å². The first-order chi connectivity index (χ1) is 10.3. The number of hydrogen-bond acceptors (Lipinski definition) is 3. The van der Waals surface area contributed by atoms with E-state index in [-0.39, 0.29) is 24.0 Å². The van der Waals surface area contributed by atoms with E-state index in [1.165, 1.54) is 5.56 Å². The van der Waals surface area contributed by atoms with Crippen LogP contribution in [0.2, 0.25) is 0 Å². The van der Waals surface area contributed by atoms with Gasteiger partial charge in [0.2, 0.25) is 0 Å². The minimum absolute atomic E-state index is 0. The molecular weight excluding hydrogens is 391 g/mol. The summed E-state index contributed by atoms with van der Waals surface area (Å²) in [5, 5.41) is 6.60. The zero-order chi connectivity index (χ0) is 15.3. The zero-order valence-electron chi connectivity index (χ0n) is 13.9. The average molecular weight is 420 g/mol. The molecule has 0 aliphatic heterocycles. The van der Waals surface area contributed by atoms with Crippen molar-refractivity contribution in [2.24, 2.45) is 4.99 Å². The van der Waals surface area contributed by atoms with Crippen molar-refractivity contribution in [1.29, 1.82) is 0 Å². The highest BCUT2D eigenvalue weighted by Gasteiger charge is 2.00. The van der Waals surface area contributed by atoms with Gasteiger partial charge in [0.05, 0.1) is 12.2 Å². The number of halogens is 1. The number of guanidine groups is 1. The maximum absolute atomic E-state index is 5.32. The number of aromatic nitrogens is 1. The number of aryl methyl sites for hydroxylation is 1. The molecular formula is C16H29IN4O. The zero-order valence-corrected chi connectivity index (χ0v) is 16.2. The van der Waals surface area contributed by atoms with Crippen LogP contribution in [0, 0.1) is 6.92 Å². The van der Waals surface area contributed by atoms with E-state index >= 15 is 0 Å². The molecule has 0 saturated heterocycles. The Kier molecular flexibility index (Phi) is 13.2. The van der Waals surface area contributed by atoms with Crippen LogP contribution in [0.15, 0.2) is 23.3 Å². The average Bonchev–Trinajstić information content (AvgIpc) is 2.49. The SMILES string of the molecule is CCNC(=NCc1ncccc1C)NCCCCOCC.I. The predicted octanol–water partition coefficient (Wildman–Crippen LogP) is 2.88. The molecule has 0 fully saturated rings. The fraction of sp³-hybridized carbons (Fsp3) is 0.625. The highest BCUT2D eigenvalue weighted by atomic mass is 127. The summed E-state index contributed by atoms with van der Waals surface area (Å²) in [4.78, 5) is 8.94. The van der Waals surface area contributed by atoms with E-state index in [1.54, 1.807) is 0 Å². The number of pyridine rings is 1. The standard InChI is InChI=1S/C16H28N4O.HI/c1-4-17-16(19-10-6-7-12-21-5-2)20-13-15-14(3)9-8-11-18-15;/h8-9,11H,4-7,10,12-13H2,1-3H3,(H2,17,19,20);1H. The van der Waals surface area contributed by atoms with E-state index in [4.69, 9.17) is 4.74 Å². The molecule has 1 rings (SSSR count). The highest BCUT2D eigenvalue weighted by molar-refractivity contribution is 14.0. The monoisotopic (exact) mass is 420 g/mol. The van der Waals surface area contributed by atoms with Crippen LogP contribution in [0.5, 0.6) is 0 Å². The molecule has 0 unspecified atom stereocenters. The molecule has 0 amide bonds. The molecule has 22 heavy (non-hydrogen) atoms. The first-order valence-electron chi connectivity index (χ1n) is 7.78. The number of ether oxygens (including phenoxy) is 1. The van der Waals surface area contributed by atoms with Crippen molar-refractivity contribution in [3.8, 4) is 0 Å². The lowest BCUT2D eigenvalue weighted by atomic mass is 10.2. The molecule has 1 aromatic heterocycles. The van der Waals surface area contributed by atoms with Gasteiger partial charge in [-0.05, 0) is 45.2 Å². The van der Waals surface area contributed by atoms with Gasteiger partial charge in [-0.2, -0.15) is 0 Å². The van der Waals surface area contributed by atoms with Gasteiger partial charge >= 0.3 is 0 Å². The van der Waals surface area contributed by atoms with Crippen LogP contribution in [0.1, 0.15) is 37.9 Å². The quantitative estimate of drug-likeness (QED) is 0.279. The van der Waals surface area contributed by atoms with Gasteiger partial charge in [-0.1, -0.05) is 6.07 Å². The Morgan fingerprint density at radius 2 is 2.09 bits per heavy atom. The summed E-state index contributed by atoms with van der Waals surface area (Å²) < 4.78 is 5.32. The lowest BCUT2D eigenvalue weighted by Crippen LogP contribution is -2.37. The number of nitrogens with one attached hydrogen (secondary N) is 2. The first kappa shape index (κ1) is 21.1. The van der Waals surface area contributed by atoms with Gasteiger partial charge in [0.1, 0.15) is 0 Å². The summed E-state index contributed by atoms with van der Waals surface area (Å²) in [6.45, 7) is 10.1. The minimum atomic E-state index is 0. The first-order valence-corrected chi connectivity index (χ1v) is 7.78. The fourth-order valence-electron chi connectivity index (χ4n) is 1.86. The van der Waals surface area contributed by atoms with E-state index in [2.05, 4.69) is 40.5 Å². The van der Waals surface area contributed by atoms with Gasteiger partial charge < -0.3 is 15.4 Å². The van der Waals surface area contributed by atoms with Crippen molar-refractivity contribution in [3.63, 3.8) is 0 Å². The summed E-state index contributed by atoms with van der Waals surface area (Å²) >= 11 is 0. The summed E-state index contributed by atoms with van der Waals surface area (Å²) in [6.07, 6.45) is 3.96. The van der Waals surface area contributed by atoms with Gasteiger partial charge in [-0.15, -0.1) is 24.0 Å². The molecule has 1 aromatic rings. The molecule has 2 N–H and O–H groups in total. The Balaban J connectivity index is 0.00000441. The van der Waals surface area contributed by atoms with Gasteiger partial charge in [0.25, 0.3) is 0 Å². The Labute approximate surface area is 151 Å². The summed E-state index contributed by atoms with van der Waals surface area (Å²) in [5.41, 5.74) is 2.19. The van der Waals surface area contributed by atoms with Crippen molar-refractivity contribution in [2.75, 3.05) is 26.3 Å². The Hall–Kier alpha value is -0.890. The van der Waals surface area contributed by atoms with Crippen molar-refractivity contribution >= 4 is 29.9 Å². The van der Waals surface area contributed by atoms with Gasteiger partial charge in [-0.3, -0.25) is 4.98 Å². The maximum atomic E-state index is 5.32. The minimum Gasteiger partial charge on any atom is -0.382 e. The largest absolute Gasteiger partial charge is 0.382 e. The normalized spacial score (nSPS) is 11.0. The predicted molar refractivity (Wildman–Crippen MR) is 103 cm³/mol. The Morgan fingerprint density at radius 1 is 1.27 bits per heavy atom. The maximum Gasteiger partial charge on any atom is 0.191 e. The van der Waals surface area contributed by atoms with Crippen LogP contribution in [0.4, 0.5) is 0 Å². The molecule has 0 bridgehead atoms. The number of rotatable bonds is 9. The molecule has 5 nitrogen and oxygen atoms in total. The van der Waals surface area contributed by atoms with Crippen molar-refractivity contribution in [1.82, 2.24) is 15.6 Å². The summed E-state index contributed by atoms with van der Waals surface area (Å²) in [5.74, 6) is 0.846. The third-order valence-electron chi connectivity index (χ3n) is 3.06. The van der Waals surface area contributed by atoms with Crippen molar-refractivity contribution in [2.45, 2.75) is 40.2 Å². The van der Waals surface area contributed by atoms with E-state index in [9.17, 15) is 0 Å². The molecule has 0 saturated carbocycles. The fourth-order valence-corrected chi connectivity index (χ4v) is 1.86. The molecule has 0 aromatic carbocycles. The highest BCUT2D eigenvalue weighted by Crippen LogP contribution is 2.04. The van der Waals surface area contributed by atoms with Crippen LogP contribution in [-0.4, -0.2) is 37.2 Å². The van der Waals surface area contributed by atoms with E-state index in [1.807, 2.05) is 19.2 Å². The molecule has 0 atom stereocenters. The number of aliphatic imine (C=N–C) groups is 1. The second kappa shape index (κ2) is 13.8. The lowest BCUT2D eigenvalue weighted by molar-refractivity contribution is 0.143. The van der Waals surface area contributed by atoms with Crippen LogP contribution in [0.25, 0.3) is 0 Å². The van der Waals surface area contributed by atoms with Gasteiger partial charge in [0.15, 0.2) is 5.96 Å². The van der Waals surface area contributed by atoms with Crippen LogP contribution < -0.4 is 10.6 Å². The van der Waals surface area contributed by atoms with E-state index in [0.717, 1.165) is 50.8 Å². The molecule has 1 heterocycles. The number of unbranched alkanes of at least 4 members (excludes halogenated alkanes) is 1. The van der Waals surface area contributed by atoms with E-state index in [0.29, 0.717) is 6.54 Å². The Morgan fingerprint density at radius 3 is 2.77 bits per heavy atom. The van der Waals surface area contributed by atoms with Crippen LogP contribution in [0.3, 0.4) is 0 Å². The molecule has 0 radical (unpaired) electrons. The molecule has 0 aliphatic rings. The smallest absolute Gasteiger partial charge is 0.191 e. The van der Waals surface area contributed by atoms with Crippen molar-refractivity contribution < 1.29 is 4.74 Å². The molecule has 6 heteroatoms. The number of hydrogen-bond donors (Lipinski definition) is 2. The molecule has 0 spiro atoms. The third-order valence-corrected chi connectivity index (χ3v) is 3.06. The molecule has 126 valence electrons. The van der Waals surface area contributed by atoms with Crippen LogP contribution >= 0.6 is 24.0 Å². The third kappa shape index (κ3) is 9.19. The van der Waals surface area contributed by atoms with Crippen molar-refractivity contribution in [3.05, 3.63) is 29.6 Å². The van der Waals surface area contributed by atoms with Gasteiger partial charge in [-0.25, -0.2) is 4.99 Å². The topological polar surface area (TPSA) is 58.5 Å². The Bertz CT molecular complexity index is 426. The second-order valence-electron chi connectivity index (χ2n) is 4.79. The summed E-state index contributed by atoms with van der Waals surface area (Å²) in [6, 6.07) is 4.01.